The number of alkyl halides is 3. The summed E-state index contributed by atoms with van der Waals surface area (Å²) in [7, 11) is 0. The number of rotatable bonds is 3. The number of pyridine rings is 1. The van der Waals surface area contributed by atoms with Crippen molar-refractivity contribution in [3.63, 3.8) is 0 Å². The predicted octanol–water partition coefficient (Wildman–Crippen LogP) is 4.97. The lowest BCUT2D eigenvalue weighted by Gasteiger charge is -2.34. The Kier molecular flexibility index (Phi) is 4.78. The lowest BCUT2D eigenvalue weighted by Crippen LogP contribution is -2.29. The summed E-state index contributed by atoms with van der Waals surface area (Å²) in [5.41, 5.74) is 1.83. The summed E-state index contributed by atoms with van der Waals surface area (Å²) < 4.78 is 38.4. The quantitative estimate of drug-likeness (QED) is 0.824. The molecule has 140 valence electrons. The molecule has 2 heterocycles. The van der Waals surface area contributed by atoms with Crippen molar-refractivity contribution in [1.82, 2.24) is 4.98 Å². The Labute approximate surface area is 154 Å². The molecule has 27 heavy (non-hydrogen) atoms. The van der Waals surface area contributed by atoms with E-state index in [0.29, 0.717) is 16.9 Å². The highest BCUT2D eigenvalue weighted by molar-refractivity contribution is 5.92. The number of hydrogen-bond acceptors (Lipinski definition) is 3. The van der Waals surface area contributed by atoms with Gasteiger partial charge >= 0.3 is 12.1 Å². The highest BCUT2D eigenvalue weighted by Crippen LogP contribution is 2.39. The average Bonchev–Trinajstić information content (AvgIpc) is 2.61. The zero-order chi connectivity index (χ0) is 19.8. The Bertz CT molecular complexity index is 916. The summed E-state index contributed by atoms with van der Waals surface area (Å²) in [6, 6.07) is 8.16. The van der Waals surface area contributed by atoms with Gasteiger partial charge < -0.3 is 10.0 Å². The number of allylic oxidation sites excluding steroid dienone is 3. The zero-order valence-electron chi connectivity index (χ0n) is 14.7. The standard InChI is InChI=1S/C20H17F3N2O2/c1-12-10-17(14-5-7-15(8-6-14)20(21,22)23)18(19(26)27)13(2)25(12)16-4-3-9-24-11-16/h3-11,17H,1-2H3,(H,26,27). The minimum atomic E-state index is -4.44. The van der Waals surface area contributed by atoms with Gasteiger partial charge in [-0.2, -0.15) is 13.2 Å². The molecule has 1 aliphatic rings. The van der Waals surface area contributed by atoms with Crippen LogP contribution < -0.4 is 4.90 Å². The molecular formula is C20H17F3N2O2. The van der Waals surface area contributed by atoms with E-state index in [1.807, 2.05) is 13.0 Å². The van der Waals surface area contributed by atoms with E-state index in [4.69, 9.17) is 0 Å². The lowest BCUT2D eigenvalue weighted by atomic mass is 9.85. The average molecular weight is 374 g/mol. The Morgan fingerprint density at radius 1 is 1.15 bits per heavy atom. The van der Waals surface area contributed by atoms with E-state index in [2.05, 4.69) is 4.98 Å². The monoisotopic (exact) mass is 374 g/mol. The molecule has 0 bridgehead atoms. The van der Waals surface area contributed by atoms with Crippen molar-refractivity contribution in [1.29, 1.82) is 0 Å². The predicted molar refractivity (Wildman–Crippen MR) is 95.0 cm³/mol. The van der Waals surface area contributed by atoms with Crippen LogP contribution in [0.2, 0.25) is 0 Å². The first kappa shape index (κ1) is 18.7. The zero-order valence-corrected chi connectivity index (χ0v) is 14.7. The number of halogens is 3. The van der Waals surface area contributed by atoms with Crippen LogP contribution in [0.4, 0.5) is 18.9 Å². The van der Waals surface area contributed by atoms with Crippen LogP contribution in [0.15, 0.2) is 71.8 Å². The van der Waals surface area contributed by atoms with Gasteiger partial charge in [-0.15, -0.1) is 0 Å². The van der Waals surface area contributed by atoms with Crippen molar-refractivity contribution < 1.29 is 23.1 Å². The normalized spacial score (nSPS) is 17.7. The molecule has 1 aromatic heterocycles. The van der Waals surface area contributed by atoms with Crippen molar-refractivity contribution in [2.75, 3.05) is 4.90 Å². The van der Waals surface area contributed by atoms with E-state index in [-0.39, 0.29) is 5.57 Å². The van der Waals surface area contributed by atoms with Crippen molar-refractivity contribution in [3.05, 3.63) is 83.0 Å². The molecule has 1 N–H and O–H groups in total. The van der Waals surface area contributed by atoms with Crippen LogP contribution in [0.1, 0.15) is 30.9 Å². The number of carboxylic acids is 1. The van der Waals surface area contributed by atoms with Crippen LogP contribution in [0.5, 0.6) is 0 Å². The van der Waals surface area contributed by atoms with E-state index in [9.17, 15) is 23.1 Å². The fourth-order valence-electron chi connectivity index (χ4n) is 3.32. The number of nitrogens with zero attached hydrogens (tertiary/aromatic N) is 2. The maximum atomic E-state index is 12.8. The minimum Gasteiger partial charge on any atom is -0.478 e. The van der Waals surface area contributed by atoms with Crippen LogP contribution in [0, 0.1) is 0 Å². The van der Waals surface area contributed by atoms with E-state index in [0.717, 1.165) is 17.8 Å². The number of anilines is 1. The van der Waals surface area contributed by atoms with Crippen molar-refractivity contribution in [2.24, 2.45) is 0 Å². The highest BCUT2D eigenvalue weighted by Gasteiger charge is 2.33. The van der Waals surface area contributed by atoms with E-state index in [1.54, 1.807) is 36.4 Å². The summed E-state index contributed by atoms with van der Waals surface area (Å²) in [6.45, 7) is 3.51. The fraction of sp³-hybridized carbons (Fsp3) is 0.200. The number of benzene rings is 1. The Morgan fingerprint density at radius 2 is 1.81 bits per heavy atom. The second-order valence-corrected chi connectivity index (χ2v) is 6.26. The molecule has 1 unspecified atom stereocenters. The third-order valence-electron chi connectivity index (χ3n) is 4.53. The molecule has 3 rings (SSSR count). The maximum Gasteiger partial charge on any atom is 0.416 e. The van der Waals surface area contributed by atoms with Gasteiger partial charge in [0.15, 0.2) is 0 Å². The van der Waals surface area contributed by atoms with Gasteiger partial charge in [0.2, 0.25) is 0 Å². The third kappa shape index (κ3) is 3.58. The van der Waals surface area contributed by atoms with Crippen LogP contribution >= 0.6 is 0 Å². The number of hydrogen-bond donors (Lipinski definition) is 1. The molecule has 0 amide bonds. The number of aliphatic carboxylic acids is 1. The molecule has 7 heteroatoms. The molecule has 4 nitrogen and oxygen atoms in total. The smallest absolute Gasteiger partial charge is 0.416 e. The van der Waals surface area contributed by atoms with Crippen LogP contribution in [0.3, 0.4) is 0 Å². The second-order valence-electron chi connectivity index (χ2n) is 6.26. The van der Waals surface area contributed by atoms with Gasteiger partial charge in [-0.3, -0.25) is 4.98 Å². The molecule has 0 spiro atoms. The molecule has 1 aromatic carbocycles. The third-order valence-corrected chi connectivity index (χ3v) is 4.53. The Morgan fingerprint density at radius 3 is 2.33 bits per heavy atom. The van der Waals surface area contributed by atoms with Gasteiger partial charge in [0.25, 0.3) is 0 Å². The SMILES string of the molecule is CC1=CC(c2ccc(C(F)(F)F)cc2)C(C(=O)O)=C(C)N1c1cccnc1. The summed E-state index contributed by atoms with van der Waals surface area (Å²) in [5.74, 6) is -1.76. The summed E-state index contributed by atoms with van der Waals surface area (Å²) in [5, 5.41) is 9.77. The summed E-state index contributed by atoms with van der Waals surface area (Å²) in [6.07, 6.45) is 0.550. The van der Waals surface area contributed by atoms with Crippen molar-refractivity contribution in [2.45, 2.75) is 25.9 Å². The highest BCUT2D eigenvalue weighted by atomic mass is 19.4. The molecule has 1 aliphatic heterocycles. The first-order valence-electron chi connectivity index (χ1n) is 8.20. The number of carboxylic acid groups (broad SMARTS) is 1. The first-order chi connectivity index (χ1) is 12.7. The maximum absolute atomic E-state index is 12.8. The van der Waals surface area contributed by atoms with Gasteiger partial charge in [0, 0.05) is 23.5 Å². The number of aromatic nitrogens is 1. The lowest BCUT2D eigenvalue weighted by molar-refractivity contribution is -0.137. The van der Waals surface area contributed by atoms with Crippen molar-refractivity contribution >= 4 is 11.7 Å². The van der Waals surface area contributed by atoms with Crippen LogP contribution in [-0.4, -0.2) is 16.1 Å². The molecule has 0 fully saturated rings. The molecule has 0 aliphatic carbocycles. The summed E-state index contributed by atoms with van der Waals surface area (Å²) in [4.78, 5) is 17.8. The van der Waals surface area contributed by atoms with Gasteiger partial charge in [0.05, 0.1) is 23.0 Å². The topological polar surface area (TPSA) is 53.4 Å². The van der Waals surface area contributed by atoms with E-state index in [1.165, 1.54) is 12.1 Å². The first-order valence-corrected chi connectivity index (χ1v) is 8.20. The second kappa shape index (κ2) is 6.90. The Balaban J connectivity index is 2.07. The fourth-order valence-corrected chi connectivity index (χ4v) is 3.32. The molecule has 1 atom stereocenters. The van der Waals surface area contributed by atoms with Gasteiger partial charge in [-0.1, -0.05) is 18.2 Å². The number of carbonyl (C=O) groups is 1. The van der Waals surface area contributed by atoms with Crippen LogP contribution in [0.25, 0.3) is 0 Å². The molecule has 0 saturated heterocycles. The molecule has 0 radical (unpaired) electrons. The van der Waals surface area contributed by atoms with Gasteiger partial charge in [-0.05, 0) is 43.7 Å². The Hall–Kier alpha value is -3.09. The van der Waals surface area contributed by atoms with Gasteiger partial charge in [-0.25, -0.2) is 4.79 Å². The van der Waals surface area contributed by atoms with Gasteiger partial charge in [0.1, 0.15) is 0 Å². The molecule has 0 saturated carbocycles. The minimum absolute atomic E-state index is 0.115. The van der Waals surface area contributed by atoms with Crippen LogP contribution in [-0.2, 0) is 11.0 Å². The van der Waals surface area contributed by atoms with Crippen molar-refractivity contribution in [3.8, 4) is 0 Å². The molecule has 2 aromatic rings. The van der Waals surface area contributed by atoms with E-state index >= 15 is 0 Å². The van der Waals surface area contributed by atoms with E-state index < -0.39 is 23.6 Å². The largest absolute Gasteiger partial charge is 0.478 e. The summed E-state index contributed by atoms with van der Waals surface area (Å²) >= 11 is 0. The molecular weight excluding hydrogens is 357 g/mol.